The molecule has 1 aromatic rings. The van der Waals surface area contributed by atoms with E-state index in [4.69, 9.17) is 11.6 Å². The first-order chi connectivity index (χ1) is 3.70. The first-order valence-electron chi connectivity index (χ1n) is 1.84. The number of rotatable bonds is 0. The third-order valence-electron chi connectivity index (χ3n) is 0.624. The molecule has 0 spiro atoms. The topological polar surface area (TPSA) is 12.9 Å². The molecule has 0 unspecified atom stereocenters. The molecule has 0 aliphatic heterocycles. The smallest absolute Gasteiger partial charge is 0.160 e. The number of hydrogen-bond acceptors (Lipinski definition) is 2. The highest BCUT2D eigenvalue weighted by Gasteiger charge is 1.99. The molecule has 0 amide bonds. The van der Waals surface area contributed by atoms with E-state index in [1.807, 2.05) is 0 Å². The Labute approximate surface area is 64.8 Å². The van der Waals surface area contributed by atoms with Crippen molar-refractivity contribution in [3.8, 4) is 0 Å². The van der Waals surface area contributed by atoms with Gasteiger partial charge in [-0.15, -0.1) is 0 Å². The van der Waals surface area contributed by atoms with E-state index in [2.05, 4.69) is 27.8 Å². The molecule has 0 saturated heterocycles. The maximum Gasteiger partial charge on any atom is 0.160 e. The highest BCUT2D eigenvalue weighted by Crippen LogP contribution is 2.26. The van der Waals surface area contributed by atoms with Crippen molar-refractivity contribution < 1.29 is 0 Å². The van der Waals surface area contributed by atoms with E-state index < -0.39 is 0 Å². The highest BCUT2D eigenvalue weighted by molar-refractivity contribution is 9.11. The summed E-state index contributed by atoms with van der Waals surface area (Å²) in [6.07, 6.45) is 0. The van der Waals surface area contributed by atoms with Crippen LogP contribution in [0.4, 0.5) is 0 Å². The Morgan fingerprint density at radius 2 is 2.38 bits per heavy atom. The molecule has 0 bridgehead atoms. The van der Waals surface area contributed by atoms with Gasteiger partial charge in [0.15, 0.2) is 3.92 Å². The second-order valence-corrected chi connectivity index (χ2v) is 4.06. The Bertz CT molecular complexity index is 178. The van der Waals surface area contributed by atoms with E-state index in [0.717, 1.165) is 3.92 Å². The summed E-state index contributed by atoms with van der Waals surface area (Å²) in [4.78, 5) is 3.90. The molecule has 0 aromatic carbocycles. The normalized spacial score (nSPS) is 9.88. The van der Waals surface area contributed by atoms with Gasteiger partial charge >= 0.3 is 0 Å². The van der Waals surface area contributed by atoms with Gasteiger partial charge in [0.25, 0.3) is 0 Å². The average Bonchev–Trinajstić information content (AvgIpc) is 1.85. The van der Waals surface area contributed by atoms with Crippen LogP contribution in [0.3, 0.4) is 0 Å². The molecule has 0 aliphatic carbocycles. The summed E-state index contributed by atoms with van der Waals surface area (Å²) in [5, 5.41) is 0. The molecule has 0 N–H and O–H groups in total. The van der Waals surface area contributed by atoms with Crippen LogP contribution in [-0.4, -0.2) is 4.98 Å². The van der Waals surface area contributed by atoms with Crippen LogP contribution in [0.25, 0.3) is 0 Å². The van der Waals surface area contributed by atoms with E-state index >= 15 is 0 Å². The number of aromatic nitrogens is 1. The van der Waals surface area contributed by atoms with Gasteiger partial charge in [0.2, 0.25) is 0 Å². The van der Waals surface area contributed by atoms with Gasteiger partial charge in [-0.1, -0.05) is 22.9 Å². The van der Waals surface area contributed by atoms with Gasteiger partial charge in [-0.25, -0.2) is 4.98 Å². The predicted molar refractivity (Wildman–Crippen MR) is 39.3 cm³/mol. The molecule has 1 rings (SSSR count). The first kappa shape index (κ1) is 6.52. The van der Waals surface area contributed by atoms with Crippen LogP contribution in [0.15, 0.2) is 3.92 Å². The highest BCUT2D eigenvalue weighted by atomic mass is 79.9. The lowest BCUT2D eigenvalue weighted by molar-refractivity contribution is 1.32. The standard InChI is InChI=1S/C4H2BrClNS/c1-2-3(6)8-4(5)7-2/h1H2. The quantitative estimate of drug-likeness (QED) is 0.643. The number of halogens is 2. The summed E-state index contributed by atoms with van der Waals surface area (Å²) in [6, 6.07) is 0. The van der Waals surface area contributed by atoms with E-state index in [1.54, 1.807) is 0 Å². The van der Waals surface area contributed by atoms with Crippen LogP contribution < -0.4 is 0 Å². The second-order valence-electron chi connectivity index (χ2n) is 1.19. The van der Waals surface area contributed by atoms with Crippen molar-refractivity contribution >= 4 is 38.9 Å². The van der Waals surface area contributed by atoms with Crippen molar-refractivity contribution in [2.45, 2.75) is 0 Å². The molecule has 0 saturated carbocycles. The van der Waals surface area contributed by atoms with Crippen molar-refractivity contribution in [1.82, 2.24) is 4.98 Å². The van der Waals surface area contributed by atoms with Crippen molar-refractivity contribution in [3.63, 3.8) is 0 Å². The lowest BCUT2D eigenvalue weighted by Crippen LogP contribution is -1.65. The predicted octanol–water partition coefficient (Wildman–Crippen LogP) is 2.74. The summed E-state index contributed by atoms with van der Waals surface area (Å²) in [5.41, 5.74) is 0.642. The van der Waals surface area contributed by atoms with E-state index in [1.165, 1.54) is 11.3 Å². The SMILES string of the molecule is [CH2]c1nc(Br)sc1Cl. The minimum absolute atomic E-state index is 0.642. The fraction of sp³-hybridized carbons (Fsp3) is 0. The molecule has 4 heteroatoms. The Morgan fingerprint density at radius 3 is 2.50 bits per heavy atom. The largest absolute Gasteiger partial charge is 0.232 e. The lowest BCUT2D eigenvalue weighted by atomic mass is 10.6. The Balaban J connectivity index is 3.14. The molecule has 1 radical (unpaired) electrons. The maximum atomic E-state index is 5.59. The van der Waals surface area contributed by atoms with Gasteiger partial charge in [0.1, 0.15) is 4.34 Å². The molecule has 1 nitrogen and oxygen atoms in total. The third-order valence-corrected chi connectivity index (χ3v) is 2.41. The van der Waals surface area contributed by atoms with Crippen molar-refractivity contribution in [2.75, 3.05) is 0 Å². The molecule has 0 fully saturated rings. The molecular formula is C4H2BrClNS. The Hall–Kier alpha value is 0.400. The van der Waals surface area contributed by atoms with Crippen LogP contribution in [0.1, 0.15) is 5.69 Å². The summed E-state index contributed by atoms with van der Waals surface area (Å²) in [6.45, 7) is 3.58. The van der Waals surface area contributed by atoms with E-state index in [-0.39, 0.29) is 0 Å². The minimum atomic E-state index is 0.642. The van der Waals surface area contributed by atoms with Crippen LogP contribution in [0, 0.1) is 6.92 Å². The van der Waals surface area contributed by atoms with Gasteiger partial charge < -0.3 is 0 Å². The zero-order valence-corrected chi connectivity index (χ0v) is 6.98. The Morgan fingerprint density at radius 1 is 1.75 bits per heavy atom. The number of thiazole rings is 1. The Kier molecular flexibility index (Phi) is 1.90. The van der Waals surface area contributed by atoms with Crippen molar-refractivity contribution in [2.24, 2.45) is 0 Å². The minimum Gasteiger partial charge on any atom is -0.232 e. The zero-order chi connectivity index (χ0) is 6.15. The monoisotopic (exact) mass is 210 g/mol. The van der Waals surface area contributed by atoms with Crippen molar-refractivity contribution in [3.05, 3.63) is 20.9 Å². The molecule has 1 heterocycles. The van der Waals surface area contributed by atoms with Crippen molar-refractivity contribution in [1.29, 1.82) is 0 Å². The van der Waals surface area contributed by atoms with E-state index in [9.17, 15) is 0 Å². The van der Waals surface area contributed by atoms with Gasteiger partial charge in [-0.05, 0) is 22.9 Å². The fourth-order valence-corrected chi connectivity index (χ4v) is 2.01. The zero-order valence-electron chi connectivity index (χ0n) is 3.82. The third kappa shape index (κ3) is 1.21. The molecule has 1 aromatic heterocycles. The van der Waals surface area contributed by atoms with Crippen LogP contribution in [0.5, 0.6) is 0 Å². The molecule has 43 valence electrons. The average molecular weight is 211 g/mol. The number of nitrogens with zero attached hydrogens (tertiary/aromatic N) is 1. The molecular weight excluding hydrogens is 209 g/mol. The summed E-state index contributed by atoms with van der Waals surface area (Å²) >= 11 is 10.1. The molecule has 0 atom stereocenters. The van der Waals surface area contributed by atoms with Gasteiger partial charge in [-0.3, -0.25) is 0 Å². The van der Waals surface area contributed by atoms with Crippen LogP contribution in [0.2, 0.25) is 4.34 Å². The van der Waals surface area contributed by atoms with Crippen LogP contribution in [-0.2, 0) is 0 Å². The molecule has 0 aliphatic rings. The van der Waals surface area contributed by atoms with Crippen LogP contribution >= 0.6 is 38.9 Å². The number of hydrogen-bond donors (Lipinski definition) is 0. The second kappa shape index (κ2) is 2.33. The van der Waals surface area contributed by atoms with Gasteiger partial charge in [-0.2, -0.15) is 0 Å². The maximum absolute atomic E-state index is 5.59. The summed E-state index contributed by atoms with van der Waals surface area (Å²) in [7, 11) is 0. The molecule has 8 heavy (non-hydrogen) atoms. The first-order valence-corrected chi connectivity index (χ1v) is 3.82. The lowest BCUT2D eigenvalue weighted by Gasteiger charge is -1.74. The van der Waals surface area contributed by atoms with Gasteiger partial charge in [0, 0.05) is 0 Å². The summed E-state index contributed by atoms with van der Waals surface area (Å²) in [5.74, 6) is 0. The fourth-order valence-electron chi connectivity index (χ4n) is 0.306. The van der Waals surface area contributed by atoms with E-state index in [0.29, 0.717) is 10.0 Å². The van der Waals surface area contributed by atoms with Gasteiger partial charge in [0.05, 0.1) is 5.69 Å². The summed E-state index contributed by atoms with van der Waals surface area (Å²) < 4.78 is 1.43.